The highest BCUT2D eigenvalue weighted by Crippen LogP contribution is 2.19. The molecule has 14 heavy (non-hydrogen) atoms. The molecule has 78 valence electrons. The fraction of sp³-hybridized carbons (Fsp3) is 0.500. The Morgan fingerprint density at radius 1 is 1.21 bits per heavy atom. The van der Waals surface area contributed by atoms with E-state index in [0.717, 1.165) is 17.8 Å². The summed E-state index contributed by atoms with van der Waals surface area (Å²) in [5, 5.41) is 3.42. The summed E-state index contributed by atoms with van der Waals surface area (Å²) < 4.78 is 0. The van der Waals surface area contributed by atoms with Crippen molar-refractivity contribution < 1.29 is 0 Å². The summed E-state index contributed by atoms with van der Waals surface area (Å²) in [7, 11) is 0. The Morgan fingerprint density at radius 2 is 1.86 bits per heavy atom. The maximum atomic E-state index is 5.84. The molecular formula is C12H20N2. The predicted molar refractivity (Wildman–Crippen MR) is 63.4 cm³/mol. The Balaban J connectivity index is 2.56. The second kappa shape index (κ2) is 4.89. The van der Waals surface area contributed by atoms with Crippen LogP contribution in [0.5, 0.6) is 0 Å². The largest absolute Gasteiger partial charge is 0.397 e. The van der Waals surface area contributed by atoms with E-state index >= 15 is 0 Å². The van der Waals surface area contributed by atoms with Crippen LogP contribution in [0.1, 0.15) is 27.2 Å². The van der Waals surface area contributed by atoms with Crippen molar-refractivity contribution in [1.82, 2.24) is 0 Å². The van der Waals surface area contributed by atoms with Gasteiger partial charge in [0.05, 0.1) is 11.4 Å². The second-order valence-electron chi connectivity index (χ2n) is 4.26. The Morgan fingerprint density at radius 3 is 2.43 bits per heavy atom. The summed E-state index contributed by atoms with van der Waals surface area (Å²) >= 11 is 0. The van der Waals surface area contributed by atoms with E-state index in [9.17, 15) is 0 Å². The van der Waals surface area contributed by atoms with Crippen molar-refractivity contribution in [3.63, 3.8) is 0 Å². The zero-order chi connectivity index (χ0) is 10.6. The molecule has 0 aliphatic heterocycles. The van der Waals surface area contributed by atoms with Crippen LogP contribution in [0.15, 0.2) is 24.3 Å². The Labute approximate surface area is 86.5 Å². The number of nitrogen functional groups attached to an aromatic ring is 1. The fourth-order valence-electron chi connectivity index (χ4n) is 1.66. The fourth-order valence-corrected chi connectivity index (χ4v) is 1.66. The molecule has 0 bridgehead atoms. The van der Waals surface area contributed by atoms with Crippen LogP contribution in [0, 0.1) is 5.92 Å². The van der Waals surface area contributed by atoms with E-state index in [2.05, 4.69) is 26.1 Å². The molecule has 1 aromatic rings. The number of benzene rings is 1. The maximum absolute atomic E-state index is 5.84. The standard InChI is InChI=1S/C12H20N2/c1-9(2)8-10(3)14-12-7-5-4-6-11(12)13/h4-7,9-10,14H,8,13H2,1-3H3. The molecule has 2 nitrogen and oxygen atoms in total. The average Bonchev–Trinajstić information content (AvgIpc) is 2.07. The summed E-state index contributed by atoms with van der Waals surface area (Å²) in [5.74, 6) is 0.711. The van der Waals surface area contributed by atoms with E-state index in [0.29, 0.717) is 12.0 Å². The first-order valence-corrected chi connectivity index (χ1v) is 5.20. The van der Waals surface area contributed by atoms with Gasteiger partial charge in [-0.15, -0.1) is 0 Å². The molecule has 0 saturated heterocycles. The SMILES string of the molecule is CC(C)CC(C)Nc1ccccc1N. The Kier molecular flexibility index (Phi) is 3.81. The summed E-state index contributed by atoms with van der Waals surface area (Å²) in [5.41, 5.74) is 7.70. The zero-order valence-electron chi connectivity index (χ0n) is 9.25. The van der Waals surface area contributed by atoms with Gasteiger partial charge >= 0.3 is 0 Å². The first-order valence-electron chi connectivity index (χ1n) is 5.20. The third-order valence-corrected chi connectivity index (χ3v) is 2.19. The van der Waals surface area contributed by atoms with E-state index in [1.54, 1.807) is 0 Å². The highest BCUT2D eigenvalue weighted by Gasteiger charge is 2.05. The lowest BCUT2D eigenvalue weighted by Crippen LogP contribution is -2.18. The van der Waals surface area contributed by atoms with Crippen molar-refractivity contribution in [2.75, 3.05) is 11.1 Å². The van der Waals surface area contributed by atoms with Gasteiger partial charge in [0.25, 0.3) is 0 Å². The summed E-state index contributed by atoms with van der Waals surface area (Å²) in [6.45, 7) is 6.64. The number of rotatable bonds is 4. The van der Waals surface area contributed by atoms with Crippen molar-refractivity contribution in [1.29, 1.82) is 0 Å². The molecule has 0 radical (unpaired) electrons. The summed E-state index contributed by atoms with van der Waals surface area (Å²) in [4.78, 5) is 0. The third kappa shape index (κ3) is 3.29. The molecule has 0 heterocycles. The van der Waals surface area contributed by atoms with Gasteiger partial charge in [-0.2, -0.15) is 0 Å². The molecule has 1 aromatic carbocycles. The number of nitrogens with two attached hydrogens (primary N) is 1. The van der Waals surface area contributed by atoms with Gasteiger partial charge in [-0.3, -0.25) is 0 Å². The molecule has 0 aliphatic carbocycles. The van der Waals surface area contributed by atoms with Gasteiger partial charge in [-0.25, -0.2) is 0 Å². The van der Waals surface area contributed by atoms with Gasteiger partial charge in [0.1, 0.15) is 0 Å². The van der Waals surface area contributed by atoms with Gasteiger partial charge in [-0.1, -0.05) is 26.0 Å². The highest BCUT2D eigenvalue weighted by atomic mass is 14.9. The molecule has 0 saturated carbocycles. The monoisotopic (exact) mass is 192 g/mol. The molecule has 0 amide bonds. The van der Waals surface area contributed by atoms with Crippen LogP contribution >= 0.6 is 0 Å². The van der Waals surface area contributed by atoms with Crippen molar-refractivity contribution in [2.45, 2.75) is 33.2 Å². The molecule has 1 atom stereocenters. The van der Waals surface area contributed by atoms with Crippen LogP contribution in [-0.2, 0) is 0 Å². The van der Waals surface area contributed by atoms with Crippen molar-refractivity contribution in [3.05, 3.63) is 24.3 Å². The molecule has 0 aliphatic rings. The quantitative estimate of drug-likeness (QED) is 0.719. The van der Waals surface area contributed by atoms with Crippen molar-refractivity contribution in [3.8, 4) is 0 Å². The minimum Gasteiger partial charge on any atom is -0.397 e. The first kappa shape index (κ1) is 10.9. The van der Waals surface area contributed by atoms with Gasteiger partial charge in [0, 0.05) is 6.04 Å². The number of nitrogens with one attached hydrogen (secondary N) is 1. The summed E-state index contributed by atoms with van der Waals surface area (Å²) in [6, 6.07) is 8.37. The minimum atomic E-state index is 0.472. The lowest BCUT2D eigenvalue weighted by atomic mass is 10.0. The number of anilines is 2. The maximum Gasteiger partial charge on any atom is 0.0575 e. The topological polar surface area (TPSA) is 38.0 Å². The van der Waals surface area contributed by atoms with E-state index in [-0.39, 0.29) is 0 Å². The molecule has 2 heteroatoms. The molecule has 1 unspecified atom stereocenters. The molecule has 3 N–H and O–H groups in total. The second-order valence-corrected chi connectivity index (χ2v) is 4.26. The smallest absolute Gasteiger partial charge is 0.0575 e. The first-order chi connectivity index (χ1) is 6.59. The normalized spacial score (nSPS) is 12.9. The van der Waals surface area contributed by atoms with Crippen LogP contribution in [-0.4, -0.2) is 6.04 Å². The minimum absolute atomic E-state index is 0.472. The van der Waals surface area contributed by atoms with Crippen molar-refractivity contribution >= 4 is 11.4 Å². The van der Waals surface area contributed by atoms with Crippen molar-refractivity contribution in [2.24, 2.45) is 5.92 Å². The average molecular weight is 192 g/mol. The Hall–Kier alpha value is -1.18. The van der Waals surface area contributed by atoms with Gasteiger partial charge in [0.2, 0.25) is 0 Å². The van der Waals surface area contributed by atoms with Crippen LogP contribution in [0.25, 0.3) is 0 Å². The molecule has 1 rings (SSSR count). The van der Waals surface area contributed by atoms with Gasteiger partial charge in [0.15, 0.2) is 0 Å². The lowest BCUT2D eigenvalue weighted by Gasteiger charge is -2.18. The molecule has 0 aromatic heterocycles. The van der Waals surface area contributed by atoms with Gasteiger partial charge in [-0.05, 0) is 31.4 Å². The van der Waals surface area contributed by atoms with Crippen LogP contribution in [0.2, 0.25) is 0 Å². The van der Waals surface area contributed by atoms with E-state index in [1.165, 1.54) is 0 Å². The third-order valence-electron chi connectivity index (χ3n) is 2.19. The highest BCUT2D eigenvalue weighted by molar-refractivity contribution is 5.65. The van der Waals surface area contributed by atoms with Gasteiger partial charge < -0.3 is 11.1 Å². The number of hydrogen-bond acceptors (Lipinski definition) is 2. The molecular weight excluding hydrogens is 172 g/mol. The molecule has 0 spiro atoms. The van der Waals surface area contributed by atoms with E-state index in [4.69, 9.17) is 5.73 Å². The molecule has 0 fully saturated rings. The number of hydrogen-bond donors (Lipinski definition) is 2. The van der Waals surface area contributed by atoms with Crippen LogP contribution < -0.4 is 11.1 Å². The van der Waals surface area contributed by atoms with E-state index in [1.807, 2.05) is 24.3 Å². The zero-order valence-corrected chi connectivity index (χ0v) is 9.25. The van der Waals surface area contributed by atoms with Crippen LogP contribution in [0.4, 0.5) is 11.4 Å². The van der Waals surface area contributed by atoms with E-state index < -0.39 is 0 Å². The summed E-state index contributed by atoms with van der Waals surface area (Å²) in [6.07, 6.45) is 1.16. The number of para-hydroxylation sites is 2. The lowest BCUT2D eigenvalue weighted by molar-refractivity contribution is 0.540. The van der Waals surface area contributed by atoms with Crippen LogP contribution in [0.3, 0.4) is 0 Å². The predicted octanol–water partition coefficient (Wildman–Crippen LogP) is 3.12. The Bertz CT molecular complexity index is 281.